The first-order valence-electron chi connectivity index (χ1n) is 21.2. The molecule has 0 aliphatic carbocycles. The van der Waals surface area contributed by atoms with E-state index in [0.29, 0.717) is 0 Å². The number of para-hydroxylation sites is 3. The zero-order chi connectivity index (χ0) is 41.0. The molecule has 0 saturated heterocycles. The van der Waals surface area contributed by atoms with Gasteiger partial charge in [0.2, 0.25) is 0 Å². The van der Waals surface area contributed by atoms with Gasteiger partial charge in [-0.2, -0.15) is 0 Å². The van der Waals surface area contributed by atoms with E-state index in [-0.39, 0.29) is 6.17 Å². The molecule has 0 saturated carbocycles. The molecule has 9 aromatic carbocycles. The molecule has 4 heteroatoms. The Kier molecular flexibility index (Phi) is 8.53. The molecule has 0 bridgehead atoms. The summed E-state index contributed by atoms with van der Waals surface area (Å²) in [5.74, 6) is 0. The van der Waals surface area contributed by atoms with Gasteiger partial charge in [0.25, 0.3) is 0 Å². The molecule has 292 valence electrons. The van der Waals surface area contributed by atoms with Gasteiger partial charge in [-0.05, 0) is 99.6 Å². The molecule has 0 radical (unpaired) electrons. The van der Waals surface area contributed by atoms with E-state index in [9.17, 15) is 0 Å². The van der Waals surface area contributed by atoms with Gasteiger partial charge in [0.05, 0.1) is 27.8 Å². The van der Waals surface area contributed by atoms with Crippen molar-refractivity contribution in [1.29, 1.82) is 0 Å². The number of hydrogen-bond acceptors (Lipinski definition) is 2. The van der Waals surface area contributed by atoms with Gasteiger partial charge in [0.15, 0.2) is 0 Å². The van der Waals surface area contributed by atoms with Crippen molar-refractivity contribution in [2.24, 2.45) is 4.99 Å². The van der Waals surface area contributed by atoms with Gasteiger partial charge < -0.3 is 14.5 Å². The number of rotatable bonds is 7. The minimum absolute atomic E-state index is 0.218. The van der Waals surface area contributed by atoms with Crippen LogP contribution in [0.4, 0.5) is 0 Å². The van der Waals surface area contributed by atoms with Gasteiger partial charge in [-0.25, -0.2) is 0 Å². The van der Waals surface area contributed by atoms with Crippen LogP contribution in [0.1, 0.15) is 22.9 Å². The summed E-state index contributed by atoms with van der Waals surface area (Å²) in [7, 11) is 0. The molecule has 1 unspecified atom stereocenters. The van der Waals surface area contributed by atoms with Gasteiger partial charge in [0, 0.05) is 38.6 Å². The van der Waals surface area contributed by atoms with E-state index in [1.807, 2.05) is 0 Å². The van der Waals surface area contributed by atoms with E-state index in [1.54, 1.807) is 0 Å². The lowest BCUT2D eigenvalue weighted by Crippen LogP contribution is -2.24. The van der Waals surface area contributed by atoms with Crippen molar-refractivity contribution >= 4 is 55.0 Å². The van der Waals surface area contributed by atoms with Crippen LogP contribution in [0.25, 0.3) is 82.9 Å². The second-order valence-electron chi connectivity index (χ2n) is 16.0. The van der Waals surface area contributed by atoms with Gasteiger partial charge in [-0.3, -0.25) is 4.99 Å². The summed E-state index contributed by atoms with van der Waals surface area (Å²) in [6, 6.07) is 80.7. The number of nitrogens with one attached hydrogen (secondary N) is 1. The summed E-state index contributed by atoms with van der Waals surface area (Å²) in [4.78, 5) is 5.28. The Morgan fingerprint density at radius 3 is 1.55 bits per heavy atom. The standard InChI is InChI=1S/C58H40N4/c1-4-14-39(15-5-1)40-24-26-41(27-25-40)52-38-53(60-58(59-52)43-16-6-2-7-17-43)42-28-32-47(33-29-42)62-54-22-12-10-20-48(54)50-34-30-45(37-57(50)62)44-31-35-56-51(36-44)49-21-11-13-23-55(49)61(56)46-18-8-3-9-19-46/h1-38,58-59H. The number of benzene rings is 9. The fraction of sp³-hybridized carbons (Fsp3) is 0.0172. The molecule has 11 aromatic rings. The number of allylic oxidation sites excluding steroid dienone is 1. The van der Waals surface area contributed by atoms with Gasteiger partial charge in [-0.1, -0.05) is 170 Å². The third kappa shape index (κ3) is 6.12. The maximum atomic E-state index is 5.28. The average Bonchev–Trinajstić information content (AvgIpc) is 3.87. The number of hydrogen-bond donors (Lipinski definition) is 1. The Labute approximate surface area is 360 Å². The largest absolute Gasteiger partial charge is 0.360 e. The first kappa shape index (κ1) is 35.7. The van der Waals surface area contributed by atoms with Crippen molar-refractivity contribution in [3.63, 3.8) is 0 Å². The van der Waals surface area contributed by atoms with E-state index in [4.69, 9.17) is 4.99 Å². The van der Waals surface area contributed by atoms with Gasteiger partial charge >= 0.3 is 0 Å². The normalized spacial score (nSPS) is 14.0. The quantitative estimate of drug-likeness (QED) is 0.171. The highest BCUT2D eigenvalue weighted by Crippen LogP contribution is 2.38. The lowest BCUT2D eigenvalue weighted by molar-refractivity contribution is 0.664. The molecule has 62 heavy (non-hydrogen) atoms. The molecule has 3 heterocycles. The summed E-state index contributed by atoms with van der Waals surface area (Å²) >= 11 is 0. The summed E-state index contributed by atoms with van der Waals surface area (Å²) in [6.07, 6.45) is 1.97. The maximum Gasteiger partial charge on any atom is 0.145 e. The molecule has 0 fully saturated rings. The minimum Gasteiger partial charge on any atom is -0.360 e. The zero-order valence-electron chi connectivity index (χ0n) is 33.9. The molecule has 2 aromatic heterocycles. The minimum atomic E-state index is -0.218. The second kappa shape index (κ2) is 14.8. The third-order valence-corrected chi connectivity index (χ3v) is 12.4. The van der Waals surface area contributed by atoms with Crippen molar-refractivity contribution in [3.05, 3.63) is 247 Å². The van der Waals surface area contributed by atoms with Crippen LogP contribution >= 0.6 is 0 Å². The summed E-state index contributed by atoms with van der Waals surface area (Å²) in [5, 5.41) is 8.69. The molecular formula is C58H40N4. The Hall–Kier alpha value is -8.21. The predicted molar refractivity (Wildman–Crippen MR) is 259 cm³/mol. The van der Waals surface area contributed by atoms with E-state index in [1.165, 1.54) is 65.9 Å². The Morgan fingerprint density at radius 1 is 0.339 bits per heavy atom. The molecule has 0 spiro atoms. The fourth-order valence-electron chi connectivity index (χ4n) is 9.34. The van der Waals surface area contributed by atoms with Crippen LogP contribution in [-0.4, -0.2) is 14.8 Å². The first-order chi connectivity index (χ1) is 30.7. The van der Waals surface area contributed by atoms with Crippen LogP contribution in [0.5, 0.6) is 0 Å². The van der Waals surface area contributed by atoms with Crippen molar-refractivity contribution < 1.29 is 0 Å². The Morgan fingerprint density at radius 2 is 0.823 bits per heavy atom. The van der Waals surface area contributed by atoms with E-state index in [0.717, 1.165) is 39.5 Å². The summed E-state index contributed by atoms with van der Waals surface area (Å²) < 4.78 is 4.78. The fourth-order valence-corrected chi connectivity index (χ4v) is 9.34. The average molecular weight is 793 g/mol. The van der Waals surface area contributed by atoms with E-state index < -0.39 is 0 Å². The second-order valence-corrected chi connectivity index (χ2v) is 16.0. The van der Waals surface area contributed by atoms with Crippen molar-refractivity contribution in [3.8, 4) is 33.6 Å². The van der Waals surface area contributed by atoms with E-state index in [2.05, 4.69) is 245 Å². The third-order valence-electron chi connectivity index (χ3n) is 12.4. The summed E-state index contributed by atoms with van der Waals surface area (Å²) in [6.45, 7) is 0. The number of aromatic nitrogens is 2. The predicted octanol–water partition coefficient (Wildman–Crippen LogP) is 14.3. The first-order valence-corrected chi connectivity index (χ1v) is 21.2. The van der Waals surface area contributed by atoms with Crippen molar-refractivity contribution in [2.75, 3.05) is 0 Å². The van der Waals surface area contributed by atoms with Crippen molar-refractivity contribution in [2.45, 2.75) is 6.17 Å². The molecule has 1 N–H and O–H groups in total. The highest BCUT2D eigenvalue weighted by molar-refractivity contribution is 6.14. The van der Waals surface area contributed by atoms with Crippen LogP contribution in [0, 0.1) is 0 Å². The molecule has 12 rings (SSSR count). The smallest absolute Gasteiger partial charge is 0.145 e. The SMILES string of the molecule is C1=C(c2ccc(-c3ccccc3)cc2)NC(c2ccccc2)N=C1c1ccc(-n2c3ccccc3c3ccc(-c4ccc5c(c4)c4ccccc4n5-c4ccccc4)cc32)cc1. The Bertz CT molecular complexity index is 3500. The topological polar surface area (TPSA) is 34.2 Å². The Balaban J connectivity index is 0.938. The number of nitrogens with zero attached hydrogens (tertiary/aromatic N) is 3. The maximum absolute atomic E-state index is 5.28. The van der Waals surface area contributed by atoms with Gasteiger partial charge in [-0.15, -0.1) is 0 Å². The molecular weight excluding hydrogens is 753 g/mol. The van der Waals surface area contributed by atoms with Crippen molar-refractivity contribution in [1.82, 2.24) is 14.5 Å². The highest BCUT2D eigenvalue weighted by Gasteiger charge is 2.21. The van der Waals surface area contributed by atoms with Crippen LogP contribution < -0.4 is 5.32 Å². The van der Waals surface area contributed by atoms with Crippen LogP contribution in [0.2, 0.25) is 0 Å². The van der Waals surface area contributed by atoms with E-state index >= 15 is 0 Å². The molecule has 0 amide bonds. The highest BCUT2D eigenvalue weighted by atomic mass is 15.1. The van der Waals surface area contributed by atoms with Crippen LogP contribution in [-0.2, 0) is 0 Å². The molecule has 1 aliphatic rings. The molecule has 1 atom stereocenters. The summed E-state index contributed by atoms with van der Waals surface area (Å²) in [5.41, 5.74) is 17.1. The number of aliphatic imine (C=N–C) groups is 1. The lowest BCUT2D eigenvalue weighted by atomic mass is 9.99. The lowest BCUT2D eigenvalue weighted by Gasteiger charge is -2.25. The van der Waals surface area contributed by atoms with Crippen LogP contribution in [0.3, 0.4) is 0 Å². The van der Waals surface area contributed by atoms with Crippen LogP contribution in [0.15, 0.2) is 236 Å². The molecule has 4 nitrogen and oxygen atoms in total. The van der Waals surface area contributed by atoms with Gasteiger partial charge in [0.1, 0.15) is 6.17 Å². The molecule has 1 aliphatic heterocycles. The number of fused-ring (bicyclic) bond motifs is 6. The monoisotopic (exact) mass is 792 g/mol. The zero-order valence-corrected chi connectivity index (χ0v) is 33.9.